The summed E-state index contributed by atoms with van der Waals surface area (Å²) < 4.78 is 43.5. The van der Waals surface area contributed by atoms with Crippen molar-refractivity contribution in [3.05, 3.63) is 169 Å². The second kappa shape index (κ2) is 28.6. The van der Waals surface area contributed by atoms with Crippen molar-refractivity contribution in [1.29, 1.82) is 0 Å². The first kappa shape index (κ1) is 55.0. The standard InChI is InChI=1S/C56H70N4O10Si2/c1-63-71(64-2,65-3)43-15-39-57-55(61)69-41-13-17-45-23-31-51(32-24-45)59(49-19-9-7-10-20-49)53-35-27-47(28-36-53)48-29-37-54(38-30-48)60(50-21-11-8-12-22-50)52-33-25-46(26-34-52)18-14-42-70-56(62)58-40-16-44-72(66-4,67-5)68-6/h7-12,19-38H,13-18,39-44H2,1-6H3,(H,57,61)(H,58,62). The monoisotopic (exact) mass is 1010 g/mol. The summed E-state index contributed by atoms with van der Waals surface area (Å²) in [4.78, 5) is 29.1. The van der Waals surface area contributed by atoms with Gasteiger partial charge in [-0.2, -0.15) is 0 Å². The van der Waals surface area contributed by atoms with Crippen molar-refractivity contribution in [2.24, 2.45) is 0 Å². The first-order valence-corrected chi connectivity index (χ1v) is 28.3. The zero-order valence-electron chi connectivity index (χ0n) is 42.5. The van der Waals surface area contributed by atoms with Crippen LogP contribution in [0.2, 0.25) is 12.1 Å². The molecule has 0 spiro atoms. The molecule has 0 aliphatic carbocycles. The van der Waals surface area contributed by atoms with Crippen LogP contribution in [0.3, 0.4) is 0 Å². The van der Waals surface area contributed by atoms with Crippen molar-refractivity contribution in [2.75, 3.05) is 78.8 Å². The molecule has 2 N–H and O–H groups in total. The van der Waals surface area contributed by atoms with Gasteiger partial charge in [-0.1, -0.05) is 84.9 Å². The van der Waals surface area contributed by atoms with Gasteiger partial charge in [0.2, 0.25) is 0 Å². The average Bonchev–Trinajstić information content (AvgIpc) is 3.43. The van der Waals surface area contributed by atoms with Crippen LogP contribution in [-0.2, 0) is 48.9 Å². The van der Waals surface area contributed by atoms with E-state index in [9.17, 15) is 9.59 Å². The van der Waals surface area contributed by atoms with Crippen molar-refractivity contribution in [3.8, 4) is 11.1 Å². The van der Waals surface area contributed by atoms with E-state index >= 15 is 0 Å². The highest BCUT2D eigenvalue weighted by molar-refractivity contribution is 6.60. The third kappa shape index (κ3) is 15.8. The minimum Gasteiger partial charge on any atom is -0.450 e. The Morgan fingerprint density at radius 3 is 0.986 bits per heavy atom. The molecule has 6 aromatic rings. The third-order valence-corrected chi connectivity index (χ3v) is 18.1. The molecule has 0 saturated heterocycles. The number of carbonyl (C=O) groups is 2. The van der Waals surface area contributed by atoms with Crippen molar-refractivity contribution < 1.29 is 45.6 Å². The molecule has 72 heavy (non-hydrogen) atoms. The molecule has 6 rings (SSSR count). The number of nitrogens with zero attached hydrogens (tertiary/aromatic N) is 2. The van der Waals surface area contributed by atoms with E-state index in [0.29, 0.717) is 64.1 Å². The average molecular weight is 1020 g/mol. The summed E-state index contributed by atoms with van der Waals surface area (Å²) in [7, 11) is 4.15. The number of rotatable bonds is 29. The van der Waals surface area contributed by atoms with Crippen molar-refractivity contribution in [1.82, 2.24) is 10.6 Å². The molecule has 0 aromatic heterocycles. The summed E-state index contributed by atoms with van der Waals surface area (Å²) in [5, 5.41) is 5.59. The Labute approximate surface area is 427 Å². The van der Waals surface area contributed by atoms with Crippen LogP contribution in [0.25, 0.3) is 11.1 Å². The van der Waals surface area contributed by atoms with Crippen LogP contribution in [-0.4, -0.2) is 98.8 Å². The molecular weight excluding hydrogens is 945 g/mol. The number of nitrogens with one attached hydrogen (secondary N) is 2. The number of hydrogen-bond donors (Lipinski definition) is 2. The molecule has 0 heterocycles. The van der Waals surface area contributed by atoms with Gasteiger partial charge in [0, 0.05) is 102 Å². The molecule has 2 amide bonds. The van der Waals surface area contributed by atoms with Crippen LogP contribution in [0.1, 0.15) is 36.8 Å². The molecule has 6 aromatic carbocycles. The fourth-order valence-corrected chi connectivity index (χ4v) is 11.8. The Morgan fingerprint density at radius 1 is 0.389 bits per heavy atom. The maximum Gasteiger partial charge on any atom is 0.500 e. The van der Waals surface area contributed by atoms with Gasteiger partial charge < -0.3 is 56.5 Å². The Morgan fingerprint density at radius 2 is 0.681 bits per heavy atom. The lowest BCUT2D eigenvalue weighted by Gasteiger charge is -2.26. The molecular formula is C56H70N4O10Si2. The Kier molecular flexibility index (Phi) is 21.9. The minimum atomic E-state index is -2.66. The van der Waals surface area contributed by atoms with E-state index in [1.807, 2.05) is 12.1 Å². The van der Waals surface area contributed by atoms with E-state index in [2.05, 4.69) is 166 Å². The molecule has 14 nitrogen and oxygen atoms in total. The highest BCUT2D eigenvalue weighted by Gasteiger charge is 2.37. The molecule has 0 bridgehead atoms. The maximum absolute atomic E-state index is 12.3. The molecule has 0 aliphatic heterocycles. The minimum absolute atomic E-state index is 0.319. The van der Waals surface area contributed by atoms with E-state index in [0.717, 1.165) is 69.2 Å². The molecule has 0 unspecified atom stereocenters. The fourth-order valence-electron chi connectivity index (χ4n) is 8.37. The van der Waals surface area contributed by atoms with E-state index in [-0.39, 0.29) is 0 Å². The third-order valence-electron chi connectivity index (χ3n) is 12.4. The Balaban J connectivity index is 1.03. The van der Waals surface area contributed by atoms with E-state index in [1.165, 1.54) is 0 Å². The highest BCUT2D eigenvalue weighted by atomic mass is 28.4. The first-order valence-electron chi connectivity index (χ1n) is 24.4. The van der Waals surface area contributed by atoms with Gasteiger partial charge in [-0.3, -0.25) is 0 Å². The van der Waals surface area contributed by atoms with Crippen molar-refractivity contribution >= 4 is 63.9 Å². The molecule has 0 aliphatic rings. The van der Waals surface area contributed by atoms with Gasteiger partial charge in [0.1, 0.15) is 0 Å². The first-order chi connectivity index (χ1) is 35.2. The smallest absolute Gasteiger partial charge is 0.450 e. The zero-order valence-corrected chi connectivity index (χ0v) is 44.5. The molecule has 16 heteroatoms. The van der Waals surface area contributed by atoms with E-state index < -0.39 is 29.8 Å². The predicted octanol–water partition coefficient (Wildman–Crippen LogP) is 12.1. The van der Waals surface area contributed by atoms with Crippen molar-refractivity contribution in [2.45, 2.75) is 50.6 Å². The summed E-state index contributed by atoms with van der Waals surface area (Å²) in [6.07, 6.45) is 3.41. The molecule has 0 radical (unpaired) electrons. The van der Waals surface area contributed by atoms with E-state index in [4.69, 9.17) is 36.0 Å². The van der Waals surface area contributed by atoms with E-state index in [1.54, 1.807) is 42.7 Å². The van der Waals surface area contributed by atoms with Crippen LogP contribution in [0.5, 0.6) is 0 Å². The number of para-hydroxylation sites is 2. The SMILES string of the molecule is CO[Si](CCCNC(=O)OCCCc1ccc(N(c2ccccc2)c2ccc(-c3ccc(N(c4ccccc4)c4ccc(CCCOC(=O)NCCC[Si](OC)(OC)OC)cc4)cc3)cc2)cc1)(OC)OC. The second-order valence-corrected chi connectivity index (χ2v) is 23.1. The number of anilines is 6. The van der Waals surface area contributed by atoms with Gasteiger partial charge in [0.05, 0.1) is 13.2 Å². The van der Waals surface area contributed by atoms with Gasteiger partial charge in [-0.15, -0.1) is 0 Å². The predicted molar refractivity (Wildman–Crippen MR) is 289 cm³/mol. The van der Waals surface area contributed by atoms with Crippen LogP contribution in [0.4, 0.5) is 43.7 Å². The number of hydrogen-bond acceptors (Lipinski definition) is 12. The number of amides is 2. The Hall–Kier alpha value is -6.35. The summed E-state index contributed by atoms with van der Waals surface area (Å²) in [5.74, 6) is 0. The van der Waals surface area contributed by atoms with Crippen LogP contribution in [0, 0.1) is 0 Å². The maximum atomic E-state index is 12.3. The molecule has 0 fully saturated rings. The van der Waals surface area contributed by atoms with Crippen LogP contribution < -0.4 is 20.4 Å². The highest BCUT2D eigenvalue weighted by Crippen LogP contribution is 2.38. The van der Waals surface area contributed by atoms with Crippen molar-refractivity contribution in [3.63, 3.8) is 0 Å². The summed E-state index contributed by atoms with van der Waals surface area (Å²) in [6, 6.07) is 56.4. The summed E-state index contributed by atoms with van der Waals surface area (Å²) in [5.41, 5.74) is 10.8. The quantitative estimate of drug-likeness (QED) is 0.0342. The number of ether oxygens (including phenoxy) is 2. The number of aryl methyl sites for hydroxylation is 2. The number of benzene rings is 6. The van der Waals surface area contributed by atoms with Gasteiger partial charge in [0.15, 0.2) is 0 Å². The normalized spacial score (nSPS) is 11.5. The lowest BCUT2D eigenvalue weighted by Crippen LogP contribution is -2.43. The lowest BCUT2D eigenvalue weighted by atomic mass is 10.0. The lowest BCUT2D eigenvalue weighted by molar-refractivity contribution is 0.122. The Bertz CT molecular complexity index is 2310. The topological polar surface area (TPSA) is 139 Å². The van der Waals surface area contributed by atoms with Crippen LogP contribution >= 0.6 is 0 Å². The summed E-state index contributed by atoms with van der Waals surface area (Å²) in [6.45, 7) is 1.53. The number of alkyl carbamates (subject to hydrolysis) is 2. The second-order valence-electron chi connectivity index (χ2n) is 16.9. The zero-order chi connectivity index (χ0) is 51.0. The van der Waals surface area contributed by atoms with Gasteiger partial charge in [0.25, 0.3) is 0 Å². The summed E-state index contributed by atoms with van der Waals surface area (Å²) >= 11 is 0. The van der Waals surface area contributed by atoms with Gasteiger partial charge >= 0.3 is 29.8 Å². The van der Waals surface area contributed by atoms with Gasteiger partial charge in [-0.05, 0) is 134 Å². The molecule has 0 atom stereocenters. The molecule has 0 saturated carbocycles. The largest absolute Gasteiger partial charge is 0.500 e. The fraction of sp³-hybridized carbons (Fsp3) is 0.321. The van der Waals surface area contributed by atoms with Crippen LogP contribution in [0.15, 0.2) is 158 Å². The van der Waals surface area contributed by atoms with Gasteiger partial charge in [-0.25, -0.2) is 9.59 Å². The number of carbonyl (C=O) groups excluding carboxylic acids is 2. The molecule has 382 valence electrons.